The van der Waals surface area contributed by atoms with Gasteiger partial charge in [0.1, 0.15) is 11.5 Å². The molecule has 0 N–H and O–H groups in total. The number of carbonyl (C=O) groups excluding carboxylic acids is 2. The smallest absolute Gasteiger partial charge is 0.345 e. The number of pyridine rings is 2. The van der Waals surface area contributed by atoms with Gasteiger partial charge in [0.25, 0.3) is 0 Å². The quantitative estimate of drug-likeness (QED) is 0.0438. The summed E-state index contributed by atoms with van der Waals surface area (Å²) in [7, 11) is 0. The van der Waals surface area contributed by atoms with E-state index in [-0.39, 0.29) is 12.4 Å². The molecule has 8 heteroatoms. The number of aromatic nitrogens is 2. The second kappa shape index (κ2) is 20.0. The van der Waals surface area contributed by atoms with Gasteiger partial charge in [-0.15, -0.1) is 0 Å². The van der Waals surface area contributed by atoms with Gasteiger partial charge in [0, 0.05) is 45.8 Å². The Morgan fingerprint density at radius 3 is 2.21 bits per heavy atom. The number of para-hydroxylation sites is 1. The standard InChI is InChI=1S/C49H60N2O6/c1-6-7-8-9-10-11-12-13-14-15-16-19-31-55-42(52)33-35-22-24-37(25-23-35)56-48(53)47(57-49(3,4)5)43-34(2)51-40-21-18-17-20-38(40)45(43)39-26-27-41-44-36(29-32-54-41)28-30-50-46(39)44/h17-18,20-28,30,47H,6-16,19,29,31-33H2,1-5H3/t47-/m0/s1. The Morgan fingerprint density at radius 1 is 0.825 bits per heavy atom. The Morgan fingerprint density at radius 2 is 1.51 bits per heavy atom. The Hall–Kier alpha value is -4.82. The van der Waals surface area contributed by atoms with E-state index in [9.17, 15) is 9.59 Å². The fourth-order valence-electron chi connectivity index (χ4n) is 7.83. The minimum atomic E-state index is -1.12. The van der Waals surface area contributed by atoms with Crippen molar-refractivity contribution < 1.29 is 28.5 Å². The van der Waals surface area contributed by atoms with Crippen LogP contribution in [-0.4, -0.2) is 40.7 Å². The first-order chi connectivity index (χ1) is 27.6. The van der Waals surface area contributed by atoms with Gasteiger partial charge in [-0.1, -0.05) is 108 Å². The first-order valence-corrected chi connectivity index (χ1v) is 21.2. The molecule has 0 spiro atoms. The van der Waals surface area contributed by atoms with Crippen molar-refractivity contribution in [3.63, 3.8) is 0 Å². The van der Waals surface area contributed by atoms with E-state index in [0.717, 1.165) is 63.5 Å². The van der Waals surface area contributed by atoms with Gasteiger partial charge < -0.3 is 18.9 Å². The van der Waals surface area contributed by atoms with Crippen molar-refractivity contribution in [3.8, 4) is 22.6 Å². The van der Waals surface area contributed by atoms with Crippen LogP contribution in [0.5, 0.6) is 11.5 Å². The fourth-order valence-corrected chi connectivity index (χ4v) is 7.83. The Balaban J connectivity index is 1.12. The third-order valence-electron chi connectivity index (χ3n) is 10.7. The molecule has 1 aliphatic heterocycles. The monoisotopic (exact) mass is 772 g/mol. The van der Waals surface area contributed by atoms with Crippen LogP contribution in [0.3, 0.4) is 0 Å². The Labute approximate surface area is 338 Å². The molecule has 0 amide bonds. The number of aryl methyl sites for hydroxylation is 1. The number of esters is 2. The van der Waals surface area contributed by atoms with Crippen LogP contribution in [0.2, 0.25) is 0 Å². The topological polar surface area (TPSA) is 96.8 Å². The number of hydrogen-bond donors (Lipinski definition) is 0. The number of rotatable bonds is 20. The van der Waals surface area contributed by atoms with Gasteiger partial charge >= 0.3 is 11.9 Å². The number of hydrogen-bond acceptors (Lipinski definition) is 8. The highest BCUT2D eigenvalue weighted by molar-refractivity contribution is 6.07. The molecule has 302 valence electrons. The van der Waals surface area contributed by atoms with Crippen LogP contribution >= 0.6 is 0 Å². The van der Waals surface area contributed by atoms with Crippen LogP contribution in [0, 0.1) is 6.92 Å². The predicted octanol–water partition coefficient (Wildman–Crippen LogP) is 11.9. The predicted molar refractivity (Wildman–Crippen MR) is 228 cm³/mol. The van der Waals surface area contributed by atoms with Crippen LogP contribution < -0.4 is 9.47 Å². The van der Waals surface area contributed by atoms with Crippen molar-refractivity contribution in [2.75, 3.05) is 13.2 Å². The van der Waals surface area contributed by atoms with Gasteiger partial charge in [-0.2, -0.15) is 0 Å². The molecule has 2 aromatic heterocycles. The van der Waals surface area contributed by atoms with Crippen LogP contribution in [0.1, 0.15) is 133 Å². The van der Waals surface area contributed by atoms with Crippen molar-refractivity contribution in [3.05, 3.63) is 95.3 Å². The minimum Gasteiger partial charge on any atom is -0.493 e. The average Bonchev–Trinajstić information content (AvgIpc) is 3.19. The lowest BCUT2D eigenvalue weighted by atomic mass is 9.88. The third-order valence-corrected chi connectivity index (χ3v) is 10.7. The van der Waals surface area contributed by atoms with Gasteiger partial charge in [-0.3, -0.25) is 14.8 Å². The summed E-state index contributed by atoms with van der Waals surface area (Å²) in [6.45, 7) is 11.0. The molecule has 3 heterocycles. The number of benzene rings is 3. The third kappa shape index (κ3) is 11.2. The van der Waals surface area contributed by atoms with Gasteiger partial charge in [0.15, 0.2) is 6.10 Å². The van der Waals surface area contributed by atoms with Crippen molar-refractivity contribution in [2.24, 2.45) is 0 Å². The first-order valence-electron chi connectivity index (χ1n) is 21.2. The molecule has 0 saturated heterocycles. The summed E-state index contributed by atoms with van der Waals surface area (Å²) in [4.78, 5) is 36.8. The summed E-state index contributed by atoms with van der Waals surface area (Å²) in [6, 6.07) is 21.0. The summed E-state index contributed by atoms with van der Waals surface area (Å²) in [5.74, 6) is 0.329. The largest absolute Gasteiger partial charge is 0.493 e. The van der Waals surface area contributed by atoms with Crippen molar-refractivity contribution in [1.82, 2.24) is 9.97 Å². The van der Waals surface area contributed by atoms with E-state index in [1.165, 1.54) is 69.8 Å². The highest BCUT2D eigenvalue weighted by atomic mass is 16.6. The van der Waals surface area contributed by atoms with Crippen molar-refractivity contribution in [1.29, 1.82) is 0 Å². The molecule has 57 heavy (non-hydrogen) atoms. The number of fused-ring (bicyclic) bond motifs is 1. The molecule has 0 aliphatic carbocycles. The second-order valence-corrected chi connectivity index (χ2v) is 16.4. The molecule has 0 fully saturated rings. The molecule has 8 nitrogen and oxygen atoms in total. The van der Waals surface area contributed by atoms with E-state index in [1.807, 2.05) is 76.4 Å². The molecule has 0 bridgehead atoms. The molecular formula is C49H60N2O6. The summed E-state index contributed by atoms with van der Waals surface area (Å²) < 4.78 is 24.2. The lowest BCUT2D eigenvalue weighted by Gasteiger charge is -2.29. The van der Waals surface area contributed by atoms with Crippen LogP contribution in [0.25, 0.3) is 32.9 Å². The number of unbranched alkanes of at least 4 members (excludes halogenated alkanes) is 11. The summed E-state index contributed by atoms with van der Waals surface area (Å²) in [5, 5.41) is 1.86. The fraction of sp³-hybridized carbons (Fsp3) is 0.469. The van der Waals surface area contributed by atoms with Gasteiger partial charge in [0.2, 0.25) is 0 Å². The van der Waals surface area contributed by atoms with Crippen LogP contribution in [0.15, 0.2) is 72.9 Å². The SMILES string of the molecule is CCCCCCCCCCCCCCOC(=O)Cc1ccc(OC(=O)[C@@H](OC(C)(C)C)c2c(C)nc3ccccc3c2-c2ccc3c4c(ccnc24)CCO3)cc1. The zero-order chi connectivity index (χ0) is 40.2. The highest BCUT2D eigenvalue weighted by Gasteiger charge is 2.35. The van der Waals surface area contributed by atoms with Crippen molar-refractivity contribution in [2.45, 2.75) is 136 Å². The molecule has 3 aromatic carbocycles. The molecule has 1 atom stereocenters. The normalized spacial score (nSPS) is 13.1. The number of ether oxygens (including phenoxy) is 4. The zero-order valence-electron chi connectivity index (χ0n) is 34.7. The Kier molecular flexibility index (Phi) is 14.7. The van der Waals surface area contributed by atoms with E-state index in [0.29, 0.717) is 30.2 Å². The second-order valence-electron chi connectivity index (χ2n) is 16.4. The van der Waals surface area contributed by atoms with E-state index < -0.39 is 17.7 Å². The summed E-state index contributed by atoms with van der Waals surface area (Å²) >= 11 is 0. The van der Waals surface area contributed by atoms with Crippen LogP contribution in [-0.2, 0) is 31.9 Å². The lowest BCUT2D eigenvalue weighted by molar-refractivity contribution is -0.157. The molecule has 5 aromatic rings. The maximum Gasteiger partial charge on any atom is 0.345 e. The van der Waals surface area contributed by atoms with Crippen molar-refractivity contribution >= 4 is 33.7 Å². The average molecular weight is 773 g/mol. The molecule has 0 saturated carbocycles. The van der Waals surface area contributed by atoms with Gasteiger partial charge in [-0.05, 0) is 81.6 Å². The van der Waals surface area contributed by atoms with E-state index >= 15 is 0 Å². The maximum absolute atomic E-state index is 14.4. The maximum atomic E-state index is 14.4. The minimum absolute atomic E-state index is 0.154. The van der Waals surface area contributed by atoms with E-state index in [2.05, 4.69) is 6.92 Å². The molecule has 0 unspecified atom stereocenters. The van der Waals surface area contributed by atoms with E-state index in [1.54, 1.807) is 24.3 Å². The summed E-state index contributed by atoms with van der Waals surface area (Å²) in [5.41, 5.74) is 5.83. The Bertz CT molecular complexity index is 2110. The molecule has 6 rings (SSSR count). The molecule has 1 aliphatic rings. The molecular weight excluding hydrogens is 713 g/mol. The van der Waals surface area contributed by atoms with Crippen LogP contribution in [0.4, 0.5) is 0 Å². The first kappa shape index (κ1) is 41.8. The van der Waals surface area contributed by atoms with Gasteiger partial charge in [0.05, 0.1) is 36.3 Å². The number of carbonyl (C=O) groups is 2. The molecule has 0 radical (unpaired) electrons. The lowest BCUT2D eigenvalue weighted by Crippen LogP contribution is -2.31. The number of nitrogens with zero attached hydrogens (tertiary/aromatic N) is 2. The van der Waals surface area contributed by atoms with Gasteiger partial charge in [-0.25, -0.2) is 4.79 Å². The summed E-state index contributed by atoms with van der Waals surface area (Å²) in [6.07, 6.45) is 16.8. The van der Waals surface area contributed by atoms with E-state index in [4.69, 9.17) is 28.9 Å². The zero-order valence-corrected chi connectivity index (χ0v) is 34.7. The highest BCUT2D eigenvalue weighted by Crippen LogP contribution is 2.44.